The van der Waals surface area contributed by atoms with E-state index >= 15 is 0 Å². The van der Waals surface area contributed by atoms with Crippen molar-refractivity contribution in [3.63, 3.8) is 0 Å². The van der Waals surface area contributed by atoms with Crippen LogP contribution < -0.4 is 16.0 Å². The highest BCUT2D eigenvalue weighted by molar-refractivity contribution is 6.03. The van der Waals surface area contributed by atoms with Crippen LogP contribution in [-0.4, -0.2) is 34.7 Å². The molecule has 1 fully saturated rings. The highest BCUT2D eigenvalue weighted by Gasteiger charge is 2.28. The molecule has 4 N–H and O–H groups in total. The molecule has 9 nitrogen and oxygen atoms in total. The van der Waals surface area contributed by atoms with Crippen LogP contribution in [0.4, 0.5) is 16.2 Å². The van der Waals surface area contributed by atoms with E-state index in [1.807, 2.05) is 0 Å². The first-order valence-corrected chi connectivity index (χ1v) is 8.16. The predicted molar refractivity (Wildman–Crippen MR) is 92.1 cm³/mol. The van der Waals surface area contributed by atoms with Gasteiger partial charge in [0.25, 0.3) is 5.91 Å². The smallest absolute Gasteiger partial charge is 0.404 e. The van der Waals surface area contributed by atoms with Crippen LogP contribution in [0, 0.1) is 0 Å². The van der Waals surface area contributed by atoms with Crippen LogP contribution >= 0.6 is 0 Å². The number of carbonyl (C=O) groups is 3. The van der Waals surface area contributed by atoms with E-state index in [4.69, 9.17) is 9.63 Å². The van der Waals surface area contributed by atoms with Gasteiger partial charge in [-0.3, -0.25) is 9.59 Å². The molecule has 136 valence electrons. The molecule has 0 spiro atoms. The van der Waals surface area contributed by atoms with Crippen molar-refractivity contribution in [1.29, 1.82) is 0 Å². The lowest BCUT2D eigenvalue weighted by atomic mass is 10.2. The number of carboxylic acid groups (broad SMARTS) is 1. The molecule has 3 amide bonds. The van der Waals surface area contributed by atoms with Crippen molar-refractivity contribution in [2.24, 2.45) is 0 Å². The Morgan fingerprint density at radius 3 is 2.38 bits per heavy atom. The topological polar surface area (TPSA) is 134 Å². The molecule has 1 aliphatic carbocycles. The lowest BCUT2D eigenvalue weighted by molar-refractivity contribution is -0.116. The average molecular weight is 358 g/mol. The van der Waals surface area contributed by atoms with Crippen LogP contribution in [0.3, 0.4) is 0 Å². The number of aromatic nitrogens is 1. The molecule has 0 atom stereocenters. The van der Waals surface area contributed by atoms with E-state index in [-0.39, 0.29) is 30.5 Å². The monoisotopic (exact) mass is 358 g/mol. The summed E-state index contributed by atoms with van der Waals surface area (Å²) < 4.78 is 5.16. The van der Waals surface area contributed by atoms with Crippen molar-refractivity contribution in [2.45, 2.75) is 25.2 Å². The lowest BCUT2D eigenvalue weighted by Crippen LogP contribution is -2.25. The highest BCUT2D eigenvalue weighted by atomic mass is 16.5. The van der Waals surface area contributed by atoms with Gasteiger partial charge in [0.05, 0.1) is 0 Å². The van der Waals surface area contributed by atoms with Gasteiger partial charge in [0.15, 0.2) is 5.69 Å². The molecule has 1 aromatic carbocycles. The van der Waals surface area contributed by atoms with Crippen LogP contribution in [0.1, 0.15) is 41.4 Å². The molecule has 0 radical (unpaired) electrons. The fourth-order valence-electron chi connectivity index (χ4n) is 2.30. The van der Waals surface area contributed by atoms with Crippen LogP contribution in [0.25, 0.3) is 0 Å². The van der Waals surface area contributed by atoms with Crippen molar-refractivity contribution >= 4 is 29.3 Å². The zero-order valence-corrected chi connectivity index (χ0v) is 13.8. The Kier molecular flexibility index (Phi) is 5.16. The van der Waals surface area contributed by atoms with E-state index in [1.54, 1.807) is 30.3 Å². The Balaban J connectivity index is 1.49. The standard InChI is InChI=1S/C17H18N4O5/c22-15(7-8-18-17(24)25)19-11-3-5-12(6-4-11)20-16(23)13-9-14(26-21-13)10-1-2-10/h3-6,9-10,18H,1-2,7-8H2,(H,19,22)(H,20,23)(H,24,25). The van der Waals surface area contributed by atoms with Gasteiger partial charge in [0.1, 0.15) is 5.76 Å². The van der Waals surface area contributed by atoms with E-state index in [9.17, 15) is 14.4 Å². The van der Waals surface area contributed by atoms with Crippen molar-refractivity contribution in [1.82, 2.24) is 10.5 Å². The Labute approximate surface area is 148 Å². The number of carbonyl (C=O) groups excluding carboxylic acids is 2. The zero-order valence-electron chi connectivity index (χ0n) is 13.8. The molecule has 1 saturated carbocycles. The lowest BCUT2D eigenvalue weighted by Gasteiger charge is -2.07. The first kappa shape index (κ1) is 17.5. The molecule has 0 saturated heterocycles. The van der Waals surface area contributed by atoms with Gasteiger partial charge >= 0.3 is 6.09 Å². The number of hydrogen-bond donors (Lipinski definition) is 4. The number of anilines is 2. The van der Waals surface area contributed by atoms with E-state index in [1.165, 1.54) is 0 Å². The van der Waals surface area contributed by atoms with Crippen LogP contribution in [0.2, 0.25) is 0 Å². The van der Waals surface area contributed by atoms with E-state index in [0.29, 0.717) is 17.3 Å². The predicted octanol–water partition coefficient (Wildman–Crippen LogP) is 2.40. The van der Waals surface area contributed by atoms with E-state index < -0.39 is 6.09 Å². The number of hydrogen-bond acceptors (Lipinski definition) is 5. The van der Waals surface area contributed by atoms with Crippen molar-refractivity contribution in [3.05, 3.63) is 41.8 Å². The number of amides is 3. The van der Waals surface area contributed by atoms with Gasteiger partial charge in [-0.05, 0) is 37.1 Å². The van der Waals surface area contributed by atoms with Gasteiger partial charge in [-0.15, -0.1) is 0 Å². The van der Waals surface area contributed by atoms with Crippen LogP contribution in [0.5, 0.6) is 0 Å². The molecular weight excluding hydrogens is 340 g/mol. The second kappa shape index (κ2) is 7.68. The minimum atomic E-state index is -1.17. The maximum atomic E-state index is 12.1. The maximum Gasteiger partial charge on any atom is 0.404 e. The third-order valence-corrected chi connectivity index (χ3v) is 3.80. The summed E-state index contributed by atoms with van der Waals surface area (Å²) in [6.07, 6.45) is 0.987. The molecule has 2 aromatic rings. The summed E-state index contributed by atoms with van der Waals surface area (Å²) in [5.41, 5.74) is 1.33. The van der Waals surface area contributed by atoms with Crippen molar-refractivity contribution < 1.29 is 24.0 Å². The largest absolute Gasteiger partial charge is 0.465 e. The Morgan fingerprint density at radius 2 is 1.77 bits per heavy atom. The first-order valence-electron chi connectivity index (χ1n) is 8.16. The number of nitrogens with one attached hydrogen (secondary N) is 3. The highest BCUT2D eigenvalue weighted by Crippen LogP contribution is 2.40. The summed E-state index contributed by atoms with van der Waals surface area (Å²) >= 11 is 0. The summed E-state index contributed by atoms with van der Waals surface area (Å²) in [5.74, 6) is 0.450. The van der Waals surface area contributed by atoms with Gasteiger partial charge in [-0.1, -0.05) is 5.16 Å². The van der Waals surface area contributed by atoms with Crippen LogP contribution in [0.15, 0.2) is 34.9 Å². The quantitative estimate of drug-likeness (QED) is 0.600. The third-order valence-electron chi connectivity index (χ3n) is 3.80. The summed E-state index contributed by atoms with van der Waals surface area (Å²) in [4.78, 5) is 34.1. The fourth-order valence-corrected chi connectivity index (χ4v) is 2.30. The second-order valence-electron chi connectivity index (χ2n) is 5.95. The maximum absolute atomic E-state index is 12.1. The Morgan fingerprint density at radius 1 is 1.12 bits per heavy atom. The molecule has 1 heterocycles. The SMILES string of the molecule is O=C(O)NCCC(=O)Nc1ccc(NC(=O)c2cc(C3CC3)on2)cc1. The van der Waals surface area contributed by atoms with Gasteiger partial charge in [-0.25, -0.2) is 4.79 Å². The second-order valence-corrected chi connectivity index (χ2v) is 5.95. The van der Waals surface area contributed by atoms with Gasteiger partial charge < -0.3 is 25.6 Å². The fraction of sp³-hybridized carbons (Fsp3) is 0.294. The molecular formula is C17H18N4O5. The van der Waals surface area contributed by atoms with Crippen molar-refractivity contribution in [3.8, 4) is 0 Å². The van der Waals surface area contributed by atoms with Gasteiger partial charge in [-0.2, -0.15) is 0 Å². The summed E-state index contributed by atoms with van der Waals surface area (Å²) in [6.45, 7) is 0.0376. The minimum Gasteiger partial charge on any atom is -0.465 e. The molecule has 1 aliphatic rings. The molecule has 9 heteroatoms. The molecule has 1 aromatic heterocycles. The van der Waals surface area contributed by atoms with E-state index in [2.05, 4.69) is 21.1 Å². The normalized spacial score (nSPS) is 13.1. The number of nitrogens with zero attached hydrogens (tertiary/aromatic N) is 1. The summed E-state index contributed by atoms with van der Waals surface area (Å²) in [5, 5.41) is 19.7. The number of rotatable bonds is 7. The molecule has 0 unspecified atom stereocenters. The molecule has 0 aliphatic heterocycles. The minimum absolute atomic E-state index is 0.0280. The van der Waals surface area contributed by atoms with Crippen LogP contribution in [-0.2, 0) is 4.79 Å². The van der Waals surface area contributed by atoms with Crippen molar-refractivity contribution in [2.75, 3.05) is 17.2 Å². The Bertz CT molecular complexity index is 811. The summed E-state index contributed by atoms with van der Waals surface area (Å²) in [6, 6.07) is 8.22. The molecule has 0 bridgehead atoms. The zero-order chi connectivity index (χ0) is 18.5. The summed E-state index contributed by atoms with van der Waals surface area (Å²) in [7, 11) is 0. The van der Waals surface area contributed by atoms with E-state index in [0.717, 1.165) is 18.6 Å². The molecule has 3 rings (SSSR count). The average Bonchev–Trinajstić information content (AvgIpc) is 3.33. The molecule has 26 heavy (non-hydrogen) atoms. The van der Waals surface area contributed by atoms with Gasteiger partial charge in [0, 0.05) is 36.3 Å². The Hall–Kier alpha value is -3.36. The van der Waals surface area contributed by atoms with Gasteiger partial charge in [0.2, 0.25) is 5.91 Å². The first-order chi connectivity index (χ1) is 12.5. The third kappa shape index (κ3) is 4.82. The number of benzene rings is 1.